The van der Waals surface area contributed by atoms with E-state index in [1.54, 1.807) is 24.3 Å². The molecule has 1 aliphatic heterocycles. The number of Topliss-reactive ketones (excluding diaryl/α,β-unsaturated/α-hetero) is 1. The van der Waals surface area contributed by atoms with E-state index in [0.717, 1.165) is 41.8 Å². The average molecular weight is 610 g/mol. The van der Waals surface area contributed by atoms with E-state index in [0.29, 0.717) is 51.8 Å². The second-order valence-electron chi connectivity index (χ2n) is 9.96. The molecule has 1 heterocycles. The summed E-state index contributed by atoms with van der Waals surface area (Å²) in [5.41, 5.74) is 4.52. The van der Waals surface area contributed by atoms with Crippen molar-refractivity contribution in [3.8, 4) is 23.3 Å². The van der Waals surface area contributed by atoms with Crippen molar-refractivity contribution in [1.29, 1.82) is 5.26 Å². The van der Waals surface area contributed by atoms with Crippen molar-refractivity contribution in [2.75, 3.05) is 13.2 Å². The number of rotatable bonds is 11. The van der Waals surface area contributed by atoms with E-state index >= 15 is 0 Å². The van der Waals surface area contributed by atoms with Crippen molar-refractivity contribution in [2.45, 2.75) is 59.0 Å². The SMILES string of the molecule is CCCC1CC(=O)C2=C(C1)NC(C)=C(C#N)C2c1cc(Br)c(OCc2ccc(OCC(=O)O)cc2)c(OCC)c1. The lowest BCUT2D eigenvalue weighted by atomic mass is 9.72. The molecule has 2 atom stereocenters. The van der Waals surface area contributed by atoms with Crippen LogP contribution >= 0.6 is 15.9 Å². The highest BCUT2D eigenvalue weighted by atomic mass is 79.9. The minimum atomic E-state index is -1.04. The Hall–Kier alpha value is -3.77. The summed E-state index contributed by atoms with van der Waals surface area (Å²) in [5.74, 6) is 0.342. The Morgan fingerprint density at radius 1 is 1.15 bits per heavy atom. The molecule has 0 bridgehead atoms. The van der Waals surface area contributed by atoms with E-state index in [1.807, 2.05) is 26.0 Å². The Kier molecular flexibility index (Phi) is 9.54. The quantitative estimate of drug-likeness (QED) is 0.300. The number of allylic oxidation sites excluding steroid dienone is 4. The molecule has 9 heteroatoms. The smallest absolute Gasteiger partial charge is 0.341 e. The van der Waals surface area contributed by atoms with Gasteiger partial charge in [0.1, 0.15) is 12.4 Å². The predicted molar refractivity (Wildman–Crippen MR) is 153 cm³/mol. The van der Waals surface area contributed by atoms with Crippen molar-refractivity contribution in [1.82, 2.24) is 5.32 Å². The van der Waals surface area contributed by atoms with Crippen LogP contribution in [0.5, 0.6) is 17.2 Å². The highest BCUT2D eigenvalue weighted by molar-refractivity contribution is 9.10. The van der Waals surface area contributed by atoms with Gasteiger partial charge in [0.15, 0.2) is 23.9 Å². The molecule has 4 rings (SSSR count). The third-order valence-electron chi connectivity index (χ3n) is 7.06. The molecule has 0 saturated heterocycles. The standard InChI is InChI=1S/C31H33BrN2O6/c1-4-6-20-11-25-30(26(35)12-20)29(23(15-33)18(3)34-25)21-13-24(32)31(27(14-21)38-5-2)40-16-19-7-9-22(10-8-19)39-17-28(36)37/h7-10,13-14,20,29,34H,4-6,11-12,16-17H2,1-3H3,(H,36,37). The van der Waals surface area contributed by atoms with Crippen LogP contribution in [0, 0.1) is 17.2 Å². The molecule has 0 fully saturated rings. The van der Waals surface area contributed by atoms with Crippen LogP contribution in [-0.2, 0) is 16.2 Å². The summed E-state index contributed by atoms with van der Waals surface area (Å²) in [6, 6.07) is 13.1. The van der Waals surface area contributed by atoms with E-state index in [-0.39, 0.29) is 12.4 Å². The minimum Gasteiger partial charge on any atom is -0.490 e. The molecule has 0 spiro atoms. The summed E-state index contributed by atoms with van der Waals surface area (Å²) in [6.45, 7) is 6.13. The molecule has 40 heavy (non-hydrogen) atoms. The van der Waals surface area contributed by atoms with Gasteiger partial charge >= 0.3 is 5.97 Å². The molecular formula is C31H33BrN2O6. The summed E-state index contributed by atoms with van der Waals surface area (Å²) in [7, 11) is 0. The van der Waals surface area contributed by atoms with Crippen LogP contribution in [0.15, 0.2) is 63.4 Å². The fourth-order valence-corrected chi connectivity index (χ4v) is 5.93. The molecule has 210 valence electrons. The Balaban J connectivity index is 1.64. The van der Waals surface area contributed by atoms with Crippen molar-refractivity contribution >= 4 is 27.7 Å². The van der Waals surface area contributed by atoms with E-state index < -0.39 is 18.5 Å². The minimum absolute atomic E-state index is 0.0858. The Morgan fingerprint density at radius 2 is 1.90 bits per heavy atom. The molecule has 2 N–H and O–H groups in total. The number of carboxylic acid groups (broad SMARTS) is 1. The zero-order valence-corrected chi connectivity index (χ0v) is 24.5. The van der Waals surface area contributed by atoms with Gasteiger partial charge in [-0.2, -0.15) is 5.26 Å². The Morgan fingerprint density at radius 3 is 2.55 bits per heavy atom. The first kappa shape index (κ1) is 29.2. The van der Waals surface area contributed by atoms with Gasteiger partial charge in [-0.15, -0.1) is 0 Å². The van der Waals surface area contributed by atoms with Gasteiger partial charge in [0.05, 0.1) is 28.6 Å². The lowest BCUT2D eigenvalue weighted by Gasteiger charge is -2.35. The number of nitrogens with one attached hydrogen (secondary N) is 1. The van der Waals surface area contributed by atoms with Gasteiger partial charge in [-0.3, -0.25) is 4.79 Å². The average Bonchev–Trinajstić information content (AvgIpc) is 2.91. The fourth-order valence-electron chi connectivity index (χ4n) is 5.35. The van der Waals surface area contributed by atoms with Gasteiger partial charge < -0.3 is 24.6 Å². The number of carbonyl (C=O) groups is 2. The van der Waals surface area contributed by atoms with Crippen LogP contribution < -0.4 is 19.5 Å². The Bertz CT molecular complexity index is 1390. The lowest BCUT2D eigenvalue weighted by Crippen LogP contribution is -2.34. The molecule has 2 aromatic carbocycles. The number of nitrogens with zero attached hydrogens (tertiary/aromatic N) is 1. The van der Waals surface area contributed by atoms with Crippen LogP contribution in [-0.4, -0.2) is 30.1 Å². The summed E-state index contributed by atoms with van der Waals surface area (Å²) in [4.78, 5) is 24.2. The van der Waals surface area contributed by atoms with Crippen LogP contribution in [0.3, 0.4) is 0 Å². The number of carboxylic acids is 1. The molecule has 0 amide bonds. The maximum absolute atomic E-state index is 13.5. The van der Waals surface area contributed by atoms with Crippen molar-refractivity contribution in [3.05, 3.63) is 74.5 Å². The largest absolute Gasteiger partial charge is 0.490 e. The number of hydrogen-bond donors (Lipinski definition) is 2. The van der Waals surface area contributed by atoms with Crippen LogP contribution in [0.25, 0.3) is 0 Å². The number of dihydropyridines is 1. The lowest BCUT2D eigenvalue weighted by molar-refractivity contribution is -0.139. The number of benzene rings is 2. The van der Waals surface area contributed by atoms with Gasteiger partial charge in [-0.05, 0) is 83.9 Å². The van der Waals surface area contributed by atoms with Gasteiger partial charge in [0.2, 0.25) is 0 Å². The Labute approximate surface area is 242 Å². The molecule has 1 aliphatic carbocycles. The van der Waals surface area contributed by atoms with Crippen molar-refractivity contribution in [2.24, 2.45) is 5.92 Å². The van der Waals surface area contributed by atoms with E-state index in [9.17, 15) is 14.9 Å². The first-order valence-electron chi connectivity index (χ1n) is 13.4. The molecule has 0 saturated carbocycles. The summed E-state index contributed by atoms with van der Waals surface area (Å²) in [6.07, 6.45) is 3.30. The maximum atomic E-state index is 13.5. The van der Waals surface area contributed by atoms with Crippen molar-refractivity contribution < 1.29 is 28.9 Å². The third kappa shape index (κ3) is 6.50. The first-order chi connectivity index (χ1) is 19.2. The number of halogens is 1. The second-order valence-corrected chi connectivity index (χ2v) is 10.8. The topological polar surface area (TPSA) is 118 Å². The summed E-state index contributed by atoms with van der Waals surface area (Å²) < 4.78 is 18.0. The number of carbonyl (C=O) groups excluding carboxylic acids is 1. The maximum Gasteiger partial charge on any atom is 0.341 e. The second kappa shape index (κ2) is 13.1. The van der Waals surface area contributed by atoms with Gasteiger partial charge in [0.25, 0.3) is 0 Å². The fraction of sp³-hybridized carbons (Fsp3) is 0.387. The van der Waals surface area contributed by atoms with Crippen LogP contribution in [0.1, 0.15) is 63.5 Å². The zero-order valence-electron chi connectivity index (χ0n) is 22.9. The monoisotopic (exact) mass is 608 g/mol. The van der Waals surface area contributed by atoms with Gasteiger partial charge in [0, 0.05) is 23.4 Å². The van der Waals surface area contributed by atoms with Crippen LogP contribution in [0.2, 0.25) is 0 Å². The van der Waals surface area contributed by atoms with Gasteiger partial charge in [-0.1, -0.05) is 25.5 Å². The van der Waals surface area contributed by atoms with Crippen molar-refractivity contribution in [3.63, 3.8) is 0 Å². The highest BCUT2D eigenvalue weighted by Crippen LogP contribution is 2.47. The zero-order chi connectivity index (χ0) is 28.8. The third-order valence-corrected chi connectivity index (χ3v) is 7.65. The number of ketones is 1. The van der Waals surface area contributed by atoms with Gasteiger partial charge in [-0.25, -0.2) is 4.79 Å². The number of nitriles is 1. The first-order valence-corrected chi connectivity index (χ1v) is 14.2. The van der Waals surface area contributed by atoms with E-state index in [2.05, 4.69) is 34.2 Å². The number of aliphatic carboxylic acids is 1. The molecule has 2 aromatic rings. The molecular weight excluding hydrogens is 576 g/mol. The normalized spacial score (nSPS) is 18.5. The molecule has 0 aromatic heterocycles. The number of ether oxygens (including phenoxy) is 3. The summed E-state index contributed by atoms with van der Waals surface area (Å²) >= 11 is 3.65. The molecule has 0 radical (unpaired) electrons. The summed E-state index contributed by atoms with van der Waals surface area (Å²) in [5, 5.41) is 22.3. The predicted octanol–water partition coefficient (Wildman–Crippen LogP) is 6.41. The molecule has 2 unspecified atom stereocenters. The van der Waals surface area contributed by atoms with Crippen LogP contribution in [0.4, 0.5) is 0 Å². The molecule has 2 aliphatic rings. The number of hydrogen-bond acceptors (Lipinski definition) is 7. The van der Waals surface area contributed by atoms with E-state index in [4.69, 9.17) is 19.3 Å². The highest BCUT2D eigenvalue weighted by Gasteiger charge is 2.39. The van der Waals surface area contributed by atoms with E-state index in [1.165, 1.54) is 0 Å². The molecule has 8 nitrogen and oxygen atoms in total.